The van der Waals surface area contributed by atoms with E-state index >= 15 is 0 Å². The first-order chi connectivity index (χ1) is 8.27. The molecule has 0 radical (unpaired) electrons. The highest BCUT2D eigenvalue weighted by Crippen LogP contribution is 2.04. The Morgan fingerprint density at radius 1 is 1.24 bits per heavy atom. The number of benzene rings is 1. The van der Waals surface area contributed by atoms with Crippen LogP contribution >= 0.6 is 0 Å². The molecular weight excluding hydrogens is 220 g/mol. The summed E-state index contributed by atoms with van der Waals surface area (Å²) in [5.41, 5.74) is 0.443. The maximum atomic E-state index is 11.5. The minimum Gasteiger partial charge on any atom is -0.494 e. The van der Waals surface area contributed by atoms with E-state index in [1.807, 2.05) is 0 Å². The lowest BCUT2D eigenvalue weighted by atomic mass is 10.2. The van der Waals surface area contributed by atoms with Crippen LogP contribution in [0.3, 0.4) is 0 Å². The van der Waals surface area contributed by atoms with Crippen molar-refractivity contribution in [2.45, 2.75) is 0 Å². The lowest BCUT2D eigenvalue weighted by Gasteiger charge is -2.01. The Balaban J connectivity index is 2.66. The molecular formula is C13H12O4. The van der Waals surface area contributed by atoms with Gasteiger partial charge in [-0.2, -0.15) is 0 Å². The summed E-state index contributed by atoms with van der Waals surface area (Å²) in [7, 11) is 1.41. The fourth-order valence-corrected chi connectivity index (χ4v) is 1.04. The van der Waals surface area contributed by atoms with E-state index in [1.165, 1.54) is 19.3 Å². The van der Waals surface area contributed by atoms with Gasteiger partial charge in [-0.3, -0.25) is 4.79 Å². The van der Waals surface area contributed by atoms with Gasteiger partial charge in [0.15, 0.2) is 5.76 Å². The molecule has 0 bridgehead atoms. The topological polar surface area (TPSA) is 52.6 Å². The zero-order valence-electron chi connectivity index (χ0n) is 9.33. The first kappa shape index (κ1) is 12.7. The van der Waals surface area contributed by atoms with Gasteiger partial charge in [0.1, 0.15) is 12.5 Å². The SMILES string of the molecule is COC(/C=C/C=O)=C/OC(=O)c1ccccc1. The summed E-state index contributed by atoms with van der Waals surface area (Å²) >= 11 is 0. The second kappa shape index (κ2) is 7.00. The average molecular weight is 232 g/mol. The third-order valence-electron chi connectivity index (χ3n) is 1.87. The van der Waals surface area contributed by atoms with E-state index in [0.29, 0.717) is 11.8 Å². The molecule has 0 N–H and O–H groups in total. The summed E-state index contributed by atoms with van der Waals surface area (Å²) in [4.78, 5) is 21.6. The molecule has 0 amide bonds. The van der Waals surface area contributed by atoms with E-state index in [-0.39, 0.29) is 5.76 Å². The van der Waals surface area contributed by atoms with Crippen molar-refractivity contribution in [2.24, 2.45) is 0 Å². The molecule has 0 aromatic heterocycles. The molecule has 0 fully saturated rings. The van der Waals surface area contributed by atoms with E-state index in [9.17, 15) is 9.59 Å². The van der Waals surface area contributed by atoms with E-state index < -0.39 is 5.97 Å². The summed E-state index contributed by atoms with van der Waals surface area (Å²) in [6.07, 6.45) is 4.39. The Hall–Kier alpha value is -2.36. The van der Waals surface area contributed by atoms with Crippen molar-refractivity contribution >= 4 is 12.3 Å². The van der Waals surface area contributed by atoms with Gasteiger partial charge < -0.3 is 9.47 Å². The summed E-state index contributed by atoms with van der Waals surface area (Å²) in [6.45, 7) is 0. The van der Waals surface area contributed by atoms with Crippen LogP contribution in [0, 0.1) is 0 Å². The van der Waals surface area contributed by atoms with Crippen LogP contribution in [-0.4, -0.2) is 19.4 Å². The Morgan fingerprint density at radius 2 is 1.94 bits per heavy atom. The maximum absolute atomic E-state index is 11.5. The molecule has 0 heterocycles. The monoisotopic (exact) mass is 232 g/mol. The number of carbonyl (C=O) groups is 2. The summed E-state index contributed by atoms with van der Waals surface area (Å²) < 4.78 is 9.76. The number of allylic oxidation sites excluding steroid dienone is 2. The van der Waals surface area contributed by atoms with Crippen LogP contribution in [0.2, 0.25) is 0 Å². The molecule has 4 nitrogen and oxygen atoms in total. The molecule has 0 aliphatic rings. The predicted molar refractivity (Wildman–Crippen MR) is 62.2 cm³/mol. The first-order valence-electron chi connectivity index (χ1n) is 4.90. The Morgan fingerprint density at radius 3 is 2.53 bits per heavy atom. The summed E-state index contributed by atoms with van der Waals surface area (Å²) in [6, 6.07) is 8.57. The highest BCUT2D eigenvalue weighted by atomic mass is 16.5. The molecule has 0 saturated heterocycles. The molecule has 0 unspecified atom stereocenters. The van der Waals surface area contributed by atoms with Gasteiger partial charge in [0.05, 0.1) is 12.7 Å². The Kier molecular flexibility index (Phi) is 5.24. The molecule has 88 valence electrons. The van der Waals surface area contributed by atoms with Crippen molar-refractivity contribution in [2.75, 3.05) is 7.11 Å². The molecule has 0 atom stereocenters. The van der Waals surface area contributed by atoms with Crippen molar-refractivity contribution in [3.63, 3.8) is 0 Å². The fraction of sp³-hybridized carbons (Fsp3) is 0.0769. The zero-order valence-corrected chi connectivity index (χ0v) is 9.33. The number of aldehydes is 1. The zero-order chi connectivity index (χ0) is 12.5. The molecule has 0 aliphatic carbocycles. The van der Waals surface area contributed by atoms with Gasteiger partial charge in [-0.15, -0.1) is 0 Å². The van der Waals surface area contributed by atoms with E-state index in [1.54, 1.807) is 30.3 Å². The quantitative estimate of drug-likeness (QED) is 0.256. The second-order valence-corrected chi connectivity index (χ2v) is 2.99. The van der Waals surface area contributed by atoms with Gasteiger partial charge in [-0.1, -0.05) is 18.2 Å². The highest BCUT2D eigenvalue weighted by Gasteiger charge is 2.04. The Labute approximate surface area is 99.2 Å². The number of hydrogen-bond acceptors (Lipinski definition) is 4. The van der Waals surface area contributed by atoms with Crippen LogP contribution in [0.4, 0.5) is 0 Å². The smallest absolute Gasteiger partial charge is 0.343 e. The number of carbonyl (C=O) groups excluding carboxylic acids is 2. The normalized spacial score (nSPS) is 11.2. The number of ether oxygens (including phenoxy) is 2. The molecule has 0 aliphatic heterocycles. The first-order valence-corrected chi connectivity index (χ1v) is 4.90. The Bertz CT molecular complexity index is 432. The van der Waals surface area contributed by atoms with Gasteiger partial charge in [-0.25, -0.2) is 4.79 Å². The van der Waals surface area contributed by atoms with Gasteiger partial charge in [0, 0.05) is 0 Å². The number of rotatable bonds is 5. The van der Waals surface area contributed by atoms with Crippen molar-refractivity contribution in [3.05, 3.63) is 60.1 Å². The van der Waals surface area contributed by atoms with Crippen LogP contribution in [0.5, 0.6) is 0 Å². The standard InChI is InChI=1S/C13H12O4/c1-16-12(8-5-9-14)10-17-13(15)11-6-3-2-4-7-11/h2-10H,1H3/b8-5+,12-10+. The van der Waals surface area contributed by atoms with Crippen molar-refractivity contribution in [3.8, 4) is 0 Å². The molecule has 1 aromatic carbocycles. The second-order valence-electron chi connectivity index (χ2n) is 2.99. The van der Waals surface area contributed by atoms with Crippen LogP contribution in [-0.2, 0) is 14.3 Å². The van der Waals surface area contributed by atoms with Crippen LogP contribution in [0.25, 0.3) is 0 Å². The molecule has 4 heteroatoms. The molecule has 1 aromatic rings. The highest BCUT2D eigenvalue weighted by molar-refractivity contribution is 5.89. The minimum absolute atomic E-state index is 0.279. The maximum Gasteiger partial charge on any atom is 0.343 e. The van der Waals surface area contributed by atoms with E-state index in [4.69, 9.17) is 9.47 Å². The summed E-state index contributed by atoms with van der Waals surface area (Å²) in [5.74, 6) is -0.207. The third-order valence-corrected chi connectivity index (χ3v) is 1.87. The fourth-order valence-electron chi connectivity index (χ4n) is 1.04. The molecule has 0 spiro atoms. The van der Waals surface area contributed by atoms with Gasteiger partial charge >= 0.3 is 5.97 Å². The van der Waals surface area contributed by atoms with Gasteiger partial charge in [-0.05, 0) is 24.3 Å². The minimum atomic E-state index is -0.486. The predicted octanol–water partition coefficient (Wildman–Crippen LogP) is 2.09. The van der Waals surface area contributed by atoms with Gasteiger partial charge in [0.25, 0.3) is 0 Å². The van der Waals surface area contributed by atoms with E-state index in [2.05, 4.69) is 0 Å². The molecule has 17 heavy (non-hydrogen) atoms. The van der Waals surface area contributed by atoms with Crippen LogP contribution in [0.15, 0.2) is 54.5 Å². The van der Waals surface area contributed by atoms with Crippen molar-refractivity contribution in [1.82, 2.24) is 0 Å². The largest absolute Gasteiger partial charge is 0.494 e. The number of esters is 1. The van der Waals surface area contributed by atoms with E-state index in [0.717, 1.165) is 6.26 Å². The number of hydrogen-bond donors (Lipinski definition) is 0. The molecule has 1 rings (SSSR count). The lowest BCUT2D eigenvalue weighted by Crippen LogP contribution is -2.00. The van der Waals surface area contributed by atoms with Gasteiger partial charge in [0.2, 0.25) is 0 Å². The number of methoxy groups -OCH3 is 1. The molecule has 0 saturated carbocycles. The van der Waals surface area contributed by atoms with Crippen LogP contribution in [0.1, 0.15) is 10.4 Å². The van der Waals surface area contributed by atoms with Crippen molar-refractivity contribution in [1.29, 1.82) is 0 Å². The van der Waals surface area contributed by atoms with Crippen LogP contribution < -0.4 is 0 Å². The lowest BCUT2D eigenvalue weighted by molar-refractivity contribution is -0.104. The average Bonchev–Trinajstić information content (AvgIpc) is 2.39. The third kappa shape index (κ3) is 4.34. The van der Waals surface area contributed by atoms with Crippen molar-refractivity contribution < 1.29 is 19.1 Å². The summed E-state index contributed by atoms with van der Waals surface area (Å²) in [5, 5.41) is 0.